The molecule has 0 aliphatic rings. The highest BCUT2D eigenvalue weighted by Crippen LogP contribution is 2.38. The van der Waals surface area contributed by atoms with Crippen molar-refractivity contribution in [1.29, 1.82) is 0 Å². The first-order valence-electron chi connectivity index (χ1n) is 25.6. The van der Waals surface area contributed by atoms with Crippen LogP contribution >= 0.6 is 50.7 Å². The van der Waals surface area contributed by atoms with Gasteiger partial charge < -0.3 is 28.6 Å². The third-order valence-corrected chi connectivity index (χ3v) is 15.1. The lowest BCUT2D eigenvalue weighted by atomic mass is 9.92. The molecular formula is C60H53BrCl3N9O6. The van der Waals surface area contributed by atoms with Gasteiger partial charge in [-0.05, 0) is 143 Å². The molecule has 0 bridgehead atoms. The molecule has 3 N–H and O–H groups in total. The van der Waals surface area contributed by atoms with Gasteiger partial charge in [0.15, 0.2) is 0 Å². The van der Waals surface area contributed by atoms with Gasteiger partial charge in [0.25, 0.3) is 0 Å². The van der Waals surface area contributed by atoms with Gasteiger partial charge in [0.2, 0.25) is 52.4 Å². The number of aliphatic hydroxyl groups excluding tert-OH is 3. The van der Waals surface area contributed by atoms with Crippen molar-refractivity contribution in [1.82, 2.24) is 30.6 Å². The summed E-state index contributed by atoms with van der Waals surface area (Å²) in [6, 6.07) is 32.5. The summed E-state index contributed by atoms with van der Waals surface area (Å²) < 4.78 is 33.5. The maximum Gasteiger partial charge on any atom is 0.247 e. The van der Waals surface area contributed by atoms with E-state index in [0.29, 0.717) is 98.8 Å². The average Bonchev–Trinajstić information content (AvgIpc) is 4.41. The number of nitrogens with zero attached hydrogens (tertiary/aromatic N) is 9. The first-order chi connectivity index (χ1) is 38.7. The van der Waals surface area contributed by atoms with Gasteiger partial charge in [-0.25, -0.2) is 14.5 Å². The highest BCUT2D eigenvalue weighted by atomic mass is 79.9. The number of halogens is 4. The molecule has 9 rings (SSSR count). The van der Waals surface area contributed by atoms with Crippen LogP contribution in [0.5, 0.6) is 0 Å². The Kier molecular flexibility index (Phi) is 19.4. The number of benzene rings is 6. The second-order valence-electron chi connectivity index (χ2n) is 18.5. The predicted molar refractivity (Wildman–Crippen MR) is 309 cm³/mol. The fraction of sp³-hybridized carbons (Fsp3) is 0.250. The van der Waals surface area contributed by atoms with Crippen LogP contribution in [0.4, 0.5) is 17.1 Å². The van der Waals surface area contributed by atoms with Crippen LogP contribution < -0.4 is 0 Å². The van der Waals surface area contributed by atoms with Gasteiger partial charge in [-0.1, -0.05) is 123 Å². The van der Waals surface area contributed by atoms with E-state index < -0.39 is 30.1 Å². The Balaban J connectivity index is 0.000000175. The van der Waals surface area contributed by atoms with Gasteiger partial charge >= 0.3 is 0 Å². The molecule has 19 heteroatoms. The van der Waals surface area contributed by atoms with E-state index in [2.05, 4.69) is 61.1 Å². The van der Waals surface area contributed by atoms with Crippen molar-refractivity contribution < 1.29 is 31.3 Å². The molecule has 3 heterocycles. The van der Waals surface area contributed by atoms with E-state index in [4.69, 9.17) is 70.5 Å². The van der Waals surface area contributed by atoms with Crippen molar-refractivity contribution in [2.24, 2.45) is 0 Å². The molecule has 0 spiro atoms. The van der Waals surface area contributed by atoms with Gasteiger partial charge in [0.05, 0.1) is 73.6 Å². The molecule has 0 saturated carbocycles. The van der Waals surface area contributed by atoms with Crippen LogP contribution in [0.25, 0.3) is 48.9 Å². The van der Waals surface area contributed by atoms with Crippen LogP contribution in [-0.2, 0) is 19.3 Å². The maximum absolute atomic E-state index is 10.3. The minimum Gasteiger partial charge on any atom is -0.420 e. The van der Waals surface area contributed by atoms with E-state index in [9.17, 15) is 15.3 Å². The van der Waals surface area contributed by atoms with E-state index in [1.54, 1.807) is 87.5 Å². The van der Waals surface area contributed by atoms with Crippen molar-refractivity contribution in [3.63, 3.8) is 0 Å². The Labute approximate surface area is 484 Å². The number of hydrogen-bond acceptors (Lipinski definition) is 12. The van der Waals surface area contributed by atoms with E-state index in [1.165, 1.54) is 0 Å². The predicted octanol–water partition coefficient (Wildman–Crippen LogP) is 15.6. The number of aliphatic hydroxyl groups is 3. The van der Waals surface area contributed by atoms with Gasteiger partial charge in [0.1, 0.15) is 0 Å². The zero-order valence-corrected chi connectivity index (χ0v) is 47.4. The molecule has 3 aromatic heterocycles. The molecule has 79 heavy (non-hydrogen) atoms. The second-order valence-corrected chi connectivity index (χ2v) is 20.5. The zero-order chi connectivity index (χ0) is 58.7. The largest absolute Gasteiger partial charge is 0.420 e. The van der Waals surface area contributed by atoms with Crippen molar-refractivity contribution in [3.05, 3.63) is 226 Å². The SMILES string of the molecule is [2H]c1ccc(-c2nnc([C@H](Cc3ccc([N+]#[C-])c(Cl)c3C)[C@H](C)O)o2)cc1.[2H]c1ccc(-c2nnc([C@H](Cc3ccc([N+]#[C-])c(Cl)c3C)[C@H](C)O)o2)cc1.[C-]#[N+]c1ccc(C[C@@H](c2nnc(-c3ccc(Br)cc3)o2)[C@H](C)O)c(C)c1Cl. The molecule has 0 fully saturated rings. The normalized spacial score (nSPS) is 13.5. The summed E-state index contributed by atoms with van der Waals surface area (Å²) in [5.74, 6) is 0.927. The Morgan fingerprint density at radius 3 is 1.01 bits per heavy atom. The van der Waals surface area contributed by atoms with Crippen LogP contribution in [0, 0.1) is 40.5 Å². The second kappa shape index (κ2) is 27.3. The summed E-state index contributed by atoms with van der Waals surface area (Å²) in [5, 5.41) is 56.8. The van der Waals surface area contributed by atoms with E-state index in [-0.39, 0.29) is 5.92 Å². The van der Waals surface area contributed by atoms with Crippen LogP contribution in [0.15, 0.2) is 139 Å². The Morgan fingerprint density at radius 2 is 0.747 bits per heavy atom. The first kappa shape index (κ1) is 56.2. The van der Waals surface area contributed by atoms with Crippen molar-refractivity contribution in [2.75, 3.05) is 0 Å². The van der Waals surface area contributed by atoms with Crippen LogP contribution in [0.3, 0.4) is 0 Å². The van der Waals surface area contributed by atoms with Gasteiger partial charge in [0, 0.05) is 21.2 Å². The van der Waals surface area contributed by atoms with E-state index in [0.717, 1.165) is 54.5 Å². The first-order valence-corrected chi connectivity index (χ1v) is 26.5. The topological polar surface area (TPSA) is 191 Å². The van der Waals surface area contributed by atoms with Crippen LogP contribution in [0.1, 0.15) is 92.3 Å². The quantitative estimate of drug-likeness (QED) is 0.0825. The zero-order valence-electron chi connectivity index (χ0n) is 45.6. The lowest BCUT2D eigenvalue weighted by Crippen LogP contribution is -2.18. The fourth-order valence-corrected chi connectivity index (χ4v) is 9.26. The van der Waals surface area contributed by atoms with Crippen molar-refractivity contribution in [3.8, 4) is 34.4 Å². The summed E-state index contributed by atoms with van der Waals surface area (Å²) in [7, 11) is 0. The van der Waals surface area contributed by atoms with E-state index >= 15 is 0 Å². The highest BCUT2D eigenvalue weighted by molar-refractivity contribution is 9.10. The Hall–Kier alpha value is -7.56. The summed E-state index contributed by atoms with van der Waals surface area (Å²) >= 11 is 22.2. The van der Waals surface area contributed by atoms with Gasteiger partial charge in [-0.3, -0.25) is 0 Å². The molecule has 0 saturated heterocycles. The molecule has 0 aliphatic heterocycles. The molecule has 0 amide bonds. The maximum atomic E-state index is 10.3. The third kappa shape index (κ3) is 14.6. The monoisotopic (exact) mass is 1180 g/mol. The molecule has 15 nitrogen and oxygen atoms in total. The standard InChI is InChI=1S/C20H17BrClN3O2.2C20H18ClN3O2/c1-11-14(6-9-17(23-3)18(11)22)10-16(12(2)26)20-25-24-19(27-20)13-4-7-15(21)8-5-13;2*1-12-15(9-10-17(22-3)18(12)21)11-16(13(2)25)20-24-23-19(26-20)14-7-5-4-6-8-14/h4-9,12,16,26H,10H2,1-2H3;2*4-10,13,16,25H,11H2,1-2H3/t12-,16+;2*13-,16+/m000/s1/i;2*4D. The lowest BCUT2D eigenvalue weighted by Gasteiger charge is -2.18. The molecular weight excluding hydrogens is 1130 g/mol. The summed E-state index contributed by atoms with van der Waals surface area (Å²) in [4.78, 5) is 10.2. The Bertz CT molecular complexity index is 3370. The van der Waals surface area contributed by atoms with Crippen molar-refractivity contribution in [2.45, 2.75) is 96.9 Å². The molecule has 0 aliphatic carbocycles. The Morgan fingerprint density at radius 1 is 0.468 bits per heavy atom. The fourth-order valence-electron chi connectivity index (χ4n) is 8.31. The average molecular weight is 1180 g/mol. The van der Waals surface area contributed by atoms with E-state index in [1.807, 2.05) is 63.2 Å². The molecule has 6 aromatic carbocycles. The summed E-state index contributed by atoms with van der Waals surface area (Å²) in [6.07, 6.45) is -0.741. The van der Waals surface area contributed by atoms with Crippen molar-refractivity contribution >= 4 is 67.8 Å². The number of aromatic nitrogens is 6. The van der Waals surface area contributed by atoms with Gasteiger partial charge in [-0.15, -0.1) is 30.6 Å². The molecule has 0 unspecified atom stereocenters. The summed E-state index contributed by atoms with van der Waals surface area (Å²) in [6.45, 7) is 32.1. The minimum absolute atomic E-state index is 0.333. The van der Waals surface area contributed by atoms with Crippen LogP contribution in [-0.4, -0.2) is 64.2 Å². The summed E-state index contributed by atoms with van der Waals surface area (Å²) in [5.41, 5.74) is 8.67. The smallest absolute Gasteiger partial charge is 0.247 e. The number of rotatable bonds is 15. The molecule has 0 radical (unpaired) electrons. The van der Waals surface area contributed by atoms with Gasteiger partial charge in [-0.2, -0.15) is 0 Å². The molecule has 402 valence electrons. The molecule has 6 atom stereocenters. The highest BCUT2D eigenvalue weighted by Gasteiger charge is 2.29. The minimum atomic E-state index is -0.715. The molecule has 9 aromatic rings. The lowest BCUT2D eigenvalue weighted by molar-refractivity contribution is 0.147. The third-order valence-electron chi connectivity index (χ3n) is 13.2. The van der Waals surface area contributed by atoms with Crippen LogP contribution in [0.2, 0.25) is 15.1 Å². The number of hydrogen-bond donors (Lipinski definition) is 3.